The van der Waals surface area contributed by atoms with Gasteiger partial charge in [-0.25, -0.2) is 0 Å². The zero-order valence-corrected chi connectivity index (χ0v) is 20.5. The van der Waals surface area contributed by atoms with E-state index in [1.54, 1.807) is 60.7 Å². The highest BCUT2D eigenvalue weighted by molar-refractivity contribution is 5.93. The summed E-state index contributed by atoms with van der Waals surface area (Å²) in [7, 11) is 0. The van der Waals surface area contributed by atoms with Crippen molar-refractivity contribution in [3.05, 3.63) is 83.6 Å². The Morgan fingerprint density at radius 1 is 0.694 bits per heavy atom. The van der Waals surface area contributed by atoms with E-state index in [1.807, 2.05) is 0 Å². The van der Waals surface area contributed by atoms with Gasteiger partial charge in [0.05, 0.1) is 0 Å². The lowest BCUT2D eigenvalue weighted by Crippen LogP contribution is -1.98. The molecule has 0 heterocycles. The molecule has 0 saturated heterocycles. The summed E-state index contributed by atoms with van der Waals surface area (Å²) in [5.41, 5.74) is 0.556. The summed E-state index contributed by atoms with van der Waals surface area (Å²) in [6, 6.07) is 13.8. The topological polar surface area (TPSA) is 142 Å². The van der Waals surface area contributed by atoms with Crippen LogP contribution in [0.3, 0.4) is 0 Å². The number of ketones is 2. The number of carbonyl (C=O) groups is 2. The quantitative estimate of drug-likeness (QED) is 0.147. The van der Waals surface area contributed by atoms with E-state index in [0.717, 1.165) is 0 Å². The molecule has 2 rings (SSSR count). The van der Waals surface area contributed by atoms with Crippen molar-refractivity contribution in [3.8, 4) is 11.5 Å². The van der Waals surface area contributed by atoms with Gasteiger partial charge in [-0.3, -0.25) is 9.59 Å². The van der Waals surface area contributed by atoms with E-state index < -0.39 is 11.6 Å². The average Bonchev–Trinajstić information content (AvgIpc) is 2.82. The predicted octanol–water partition coefficient (Wildman–Crippen LogP) is 6.63. The first-order chi connectivity index (χ1) is 17.2. The van der Waals surface area contributed by atoms with Gasteiger partial charge in [-0.05, 0) is 50.3 Å². The first kappa shape index (κ1) is 27.6. The number of rotatable bonds is 12. The van der Waals surface area contributed by atoms with Crippen LogP contribution in [0.25, 0.3) is 0 Å². The normalized spacial score (nSPS) is 13.1. The van der Waals surface area contributed by atoms with E-state index in [1.165, 1.54) is 27.7 Å². The van der Waals surface area contributed by atoms with Gasteiger partial charge >= 0.3 is 0 Å². The van der Waals surface area contributed by atoms with E-state index in [-0.39, 0.29) is 36.1 Å². The molecule has 0 aliphatic carbocycles. The number of hydrogen-bond donors (Lipinski definition) is 2. The number of benzene rings is 2. The van der Waals surface area contributed by atoms with Crippen LogP contribution in [-0.2, 0) is 9.59 Å². The maximum Gasteiger partial charge on any atom is 0.183 e. The largest absolute Gasteiger partial charge is 0.510 e. The lowest BCUT2D eigenvalue weighted by Gasteiger charge is -2.07. The molecular formula is C26H28N4O6. The standard InChI is InChI=1S/C26H28N4O6/c1-17(31)25(18(2)32)29-27-21-11-5-7-13-23(21)35-15-9-10-16-36-24-14-8-6-12-22(24)28-30-26(19(3)33)20(4)34/h5-14,31,33H,15-16H2,1-4H3/b10-9+,25-17-,26-19-,29-27?,30-28?. The monoisotopic (exact) mass is 492 g/mol. The summed E-state index contributed by atoms with van der Waals surface area (Å²) in [5.74, 6) is -0.330. The first-order valence-electron chi connectivity index (χ1n) is 10.9. The van der Waals surface area contributed by atoms with Gasteiger partial charge in [0.25, 0.3) is 0 Å². The van der Waals surface area contributed by atoms with E-state index >= 15 is 0 Å². The molecule has 36 heavy (non-hydrogen) atoms. The molecule has 188 valence electrons. The zero-order valence-electron chi connectivity index (χ0n) is 20.5. The first-order valence-corrected chi connectivity index (χ1v) is 10.9. The molecule has 0 aromatic heterocycles. The molecule has 0 aliphatic rings. The summed E-state index contributed by atoms with van der Waals surface area (Å²) in [5, 5.41) is 34.8. The Morgan fingerprint density at radius 2 is 1.06 bits per heavy atom. The van der Waals surface area contributed by atoms with Crippen molar-refractivity contribution in [2.75, 3.05) is 13.2 Å². The summed E-state index contributed by atoms with van der Waals surface area (Å²) < 4.78 is 11.4. The minimum absolute atomic E-state index is 0.123. The van der Waals surface area contributed by atoms with Crippen molar-refractivity contribution in [1.29, 1.82) is 0 Å². The number of nitrogens with zero attached hydrogens (tertiary/aromatic N) is 4. The van der Waals surface area contributed by atoms with Crippen molar-refractivity contribution in [2.45, 2.75) is 27.7 Å². The molecule has 2 aromatic carbocycles. The molecule has 0 aliphatic heterocycles. The molecule has 0 amide bonds. The molecule has 2 N–H and O–H groups in total. The van der Waals surface area contributed by atoms with Crippen LogP contribution >= 0.6 is 0 Å². The highest BCUT2D eigenvalue weighted by Gasteiger charge is 2.09. The van der Waals surface area contributed by atoms with E-state index in [4.69, 9.17) is 9.47 Å². The second kappa shape index (κ2) is 14.0. The molecule has 0 fully saturated rings. The number of allylic oxidation sites excluding steroid dienone is 4. The number of carbonyl (C=O) groups excluding carboxylic acids is 2. The Kier molecular flexibility index (Phi) is 10.7. The maximum atomic E-state index is 11.5. The molecule has 0 spiro atoms. The molecule has 0 radical (unpaired) electrons. The number of para-hydroxylation sites is 2. The van der Waals surface area contributed by atoms with Crippen LogP contribution < -0.4 is 9.47 Å². The maximum absolute atomic E-state index is 11.5. The summed E-state index contributed by atoms with van der Waals surface area (Å²) in [4.78, 5) is 23.1. The molecular weight excluding hydrogens is 464 g/mol. The van der Waals surface area contributed by atoms with Crippen LogP contribution in [0.1, 0.15) is 27.7 Å². The minimum atomic E-state index is -0.401. The number of hydrogen-bond acceptors (Lipinski definition) is 10. The summed E-state index contributed by atoms with van der Waals surface area (Å²) >= 11 is 0. The third kappa shape index (κ3) is 8.64. The van der Waals surface area contributed by atoms with Crippen molar-refractivity contribution in [1.82, 2.24) is 0 Å². The van der Waals surface area contributed by atoms with Gasteiger partial charge in [0.1, 0.15) is 47.6 Å². The molecule has 0 unspecified atom stereocenters. The van der Waals surface area contributed by atoms with Gasteiger partial charge in [-0.1, -0.05) is 24.3 Å². The van der Waals surface area contributed by atoms with Gasteiger partial charge < -0.3 is 19.7 Å². The van der Waals surface area contributed by atoms with Gasteiger partial charge in [-0.2, -0.15) is 0 Å². The van der Waals surface area contributed by atoms with Crippen LogP contribution in [0.5, 0.6) is 11.5 Å². The molecule has 0 saturated carbocycles. The smallest absolute Gasteiger partial charge is 0.183 e. The lowest BCUT2D eigenvalue weighted by molar-refractivity contribution is -0.114. The van der Waals surface area contributed by atoms with Crippen LogP contribution in [-0.4, -0.2) is 35.0 Å². The van der Waals surface area contributed by atoms with Gasteiger partial charge in [-0.15, -0.1) is 20.5 Å². The average molecular weight is 493 g/mol. The Bertz CT molecular complexity index is 1140. The van der Waals surface area contributed by atoms with Gasteiger partial charge in [0, 0.05) is 13.8 Å². The molecule has 0 bridgehead atoms. The number of Topliss-reactive ketones (excluding diaryl/α,β-unsaturated/α-hetero) is 2. The van der Waals surface area contributed by atoms with Crippen molar-refractivity contribution < 1.29 is 29.3 Å². The van der Waals surface area contributed by atoms with Crippen LogP contribution in [0, 0.1) is 0 Å². The Balaban J connectivity index is 1.98. The molecule has 10 nitrogen and oxygen atoms in total. The van der Waals surface area contributed by atoms with E-state index in [9.17, 15) is 19.8 Å². The fourth-order valence-electron chi connectivity index (χ4n) is 2.74. The SMILES string of the molecule is CC(=O)/C(N=Nc1ccccc1OC/C=C/COc1ccccc1N=N/C(C(C)=O)=C(/C)O)=C(\C)O. The Hall–Kier alpha value is -4.60. The number of aliphatic hydroxyl groups excluding tert-OH is 2. The second-order valence-electron chi connectivity index (χ2n) is 7.41. The van der Waals surface area contributed by atoms with Crippen LogP contribution in [0.4, 0.5) is 11.4 Å². The number of ether oxygens (including phenoxy) is 2. The summed E-state index contributed by atoms with van der Waals surface area (Å²) in [6.45, 7) is 5.75. The number of aliphatic hydroxyl groups is 2. The highest BCUT2D eigenvalue weighted by atomic mass is 16.5. The van der Waals surface area contributed by atoms with Crippen molar-refractivity contribution >= 4 is 22.9 Å². The minimum Gasteiger partial charge on any atom is -0.510 e. The second-order valence-corrected chi connectivity index (χ2v) is 7.41. The van der Waals surface area contributed by atoms with Gasteiger partial charge in [0.2, 0.25) is 0 Å². The van der Waals surface area contributed by atoms with Crippen LogP contribution in [0.2, 0.25) is 0 Å². The fourth-order valence-corrected chi connectivity index (χ4v) is 2.74. The van der Waals surface area contributed by atoms with Gasteiger partial charge in [0.15, 0.2) is 23.0 Å². The Labute approximate surface area is 209 Å². The molecule has 0 atom stereocenters. The zero-order chi connectivity index (χ0) is 26.5. The fraction of sp³-hybridized carbons (Fsp3) is 0.231. The van der Waals surface area contributed by atoms with Crippen LogP contribution in [0.15, 0.2) is 104 Å². The summed E-state index contributed by atoms with van der Waals surface area (Å²) in [6.07, 6.45) is 3.51. The highest BCUT2D eigenvalue weighted by Crippen LogP contribution is 2.29. The molecule has 2 aromatic rings. The lowest BCUT2D eigenvalue weighted by atomic mass is 10.3. The predicted molar refractivity (Wildman–Crippen MR) is 134 cm³/mol. The van der Waals surface area contributed by atoms with E-state index in [0.29, 0.717) is 22.9 Å². The Morgan fingerprint density at radius 3 is 1.39 bits per heavy atom. The molecule has 10 heteroatoms. The van der Waals surface area contributed by atoms with Crippen molar-refractivity contribution in [2.24, 2.45) is 20.5 Å². The third-order valence-electron chi connectivity index (χ3n) is 4.44. The number of azo groups is 2. The van der Waals surface area contributed by atoms with E-state index in [2.05, 4.69) is 20.5 Å². The third-order valence-corrected chi connectivity index (χ3v) is 4.44. The van der Waals surface area contributed by atoms with Crippen molar-refractivity contribution in [3.63, 3.8) is 0 Å².